The number of H-pyrrole nitrogens is 1. The first-order valence-corrected chi connectivity index (χ1v) is 5.71. The maximum absolute atomic E-state index is 14.3. The third kappa shape index (κ3) is 1.62. The molecule has 0 radical (unpaired) electrons. The van der Waals surface area contributed by atoms with Crippen LogP contribution in [0.4, 0.5) is 10.1 Å². The molecule has 2 aromatic heterocycles. The number of nitrogens with zero attached hydrogens (tertiary/aromatic N) is 1. The molecule has 3 nitrogen and oxygen atoms in total. The number of fused-ring (bicyclic) bond motifs is 1. The van der Waals surface area contributed by atoms with E-state index in [-0.39, 0.29) is 5.82 Å². The second-order valence-corrected chi connectivity index (χ2v) is 4.37. The molecule has 0 amide bonds. The predicted octanol–water partition coefficient (Wildman–Crippen LogP) is 3.60. The monoisotopic (exact) mass is 261 g/mol. The summed E-state index contributed by atoms with van der Waals surface area (Å²) >= 11 is 5.80. The number of nitrogens with one attached hydrogen (secondary N) is 1. The van der Waals surface area contributed by atoms with Gasteiger partial charge in [-0.05, 0) is 18.2 Å². The van der Waals surface area contributed by atoms with Gasteiger partial charge in [0.2, 0.25) is 0 Å². The number of hydrogen-bond donors (Lipinski definition) is 2. The molecule has 0 saturated heterocycles. The van der Waals surface area contributed by atoms with Crippen molar-refractivity contribution in [2.24, 2.45) is 0 Å². The number of rotatable bonds is 1. The second-order valence-electron chi connectivity index (χ2n) is 3.96. The molecule has 0 aliphatic rings. The number of hydrogen-bond acceptors (Lipinski definition) is 2. The molecule has 18 heavy (non-hydrogen) atoms. The second kappa shape index (κ2) is 3.99. The van der Waals surface area contributed by atoms with Crippen LogP contribution < -0.4 is 5.73 Å². The van der Waals surface area contributed by atoms with Gasteiger partial charge < -0.3 is 10.7 Å². The van der Waals surface area contributed by atoms with Crippen molar-refractivity contribution in [3.05, 3.63) is 47.5 Å². The van der Waals surface area contributed by atoms with Crippen molar-refractivity contribution in [1.82, 2.24) is 9.97 Å². The highest BCUT2D eigenvalue weighted by atomic mass is 35.5. The number of benzene rings is 1. The van der Waals surface area contributed by atoms with Crippen LogP contribution in [0.15, 0.2) is 36.7 Å². The summed E-state index contributed by atoms with van der Waals surface area (Å²) in [5, 5.41) is 1.18. The number of nitrogen functional groups attached to an aromatic ring is 1. The predicted molar refractivity (Wildman–Crippen MR) is 70.9 cm³/mol. The van der Waals surface area contributed by atoms with Crippen LogP contribution in [0.1, 0.15) is 0 Å². The van der Waals surface area contributed by atoms with Crippen LogP contribution in [0.5, 0.6) is 0 Å². The van der Waals surface area contributed by atoms with Gasteiger partial charge >= 0.3 is 0 Å². The van der Waals surface area contributed by atoms with Gasteiger partial charge in [-0.25, -0.2) is 4.39 Å². The average Bonchev–Trinajstić information content (AvgIpc) is 2.83. The molecular formula is C13H9ClFN3. The number of pyridine rings is 1. The summed E-state index contributed by atoms with van der Waals surface area (Å²) in [5.41, 5.74) is 7.40. The van der Waals surface area contributed by atoms with Gasteiger partial charge in [-0.3, -0.25) is 4.98 Å². The van der Waals surface area contributed by atoms with E-state index in [4.69, 9.17) is 17.3 Å². The zero-order valence-corrected chi connectivity index (χ0v) is 10.0. The Morgan fingerprint density at radius 3 is 2.89 bits per heavy atom. The maximum Gasteiger partial charge on any atom is 0.156 e. The van der Waals surface area contributed by atoms with E-state index in [1.165, 1.54) is 6.20 Å². The Kier molecular flexibility index (Phi) is 2.45. The van der Waals surface area contributed by atoms with Crippen molar-refractivity contribution in [1.29, 1.82) is 0 Å². The van der Waals surface area contributed by atoms with E-state index in [0.717, 1.165) is 5.39 Å². The minimum Gasteiger partial charge on any atom is -0.397 e. The van der Waals surface area contributed by atoms with Gasteiger partial charge in [0.25, 0.3) is 0 Å². The van der Waals surface area contributed by atoms with E-state index >= 15 is 0 Å². The quantitative estimate of drug-likeness (QED) is 0.703. The van der Waals surface area contributed by atoms with Gasteiger partial charge in [-0.1, -0.05) is 17.7 Å². The minimum atomic E-state index is -0.341. The fourth-order valence-electron chi connectivity index (χ4n) is 1.89. The first-order valence-electron chi connectivity index (χ1n) is 5.34. The topological polar surface area (TPSA) is 54.7 Å². The summed E-state index contributed by atoms with van der Waals surface area (Å²) in [7, 11) is 0. The Labute approximate surface area is 107 Å². The Hall–Kier alpha value is -2.07. The van der Waals surface area contributed by atoms with Gasteiger partial charge in [0.1, 0.15) is 0 Å². The SMILES string of the molecule is Nc1cc(-c2ccc3cc[nH]c3c2F)ncc1Cl. The van der Waals surface area contributed by atoms with E-state index in [2.05, 4.69) is 9.97 Å². The van der Waals surface area contributed by atoms with Crippen molar-refractivity contribution in [3.63, 3.8) is 0 Å². The van der Waals surface area contributed by atoms with E-state index in [9.17, 15) is 4.39 Å². The number of halogens is 2. The molecule has 0 unspecified atom stereocenters. The summed E-state index contributed by atoms with van der Waals surface area (Å²) in [4.78, 5) is 6.96. The number of anilines is 1. The van der Waals surface area contributed by atoms with E-state index in [1.54, 1.807) is 18.3 Å². The number of aromatic nitrogens is 2. The third-order valence-electron chi connectivity index (χ3n) is 2.83. The number of nitrogens with two attached hydrogens (primary N) is 1. The van der Waals surface area contributed by atoms with Crippen LogP contribution in [0, 0.1) is 5.82 Å². The smallest absolute Gasteiger partial charge is 0.156 e. The largest absolute Gasteiger partial charge is 0.397 e. The summed E-state index contributed by atoms with van der Waals surface area (Å²) in [5.74, 6) is -0.341. The van der Waals surface area contributed by atoms with Gasteiger partial charge in [-0.2, -0.15) is 0 Å². The zero-order chi connectivity index (χ0) is 12.7. The Morgan fingerprint density at radius 2 is 2.11 bits per heavy atom. The van der Waals surface area contributed by atoms with Crippen molar-refractivity contribution in [2.75, 3.05) is 5.73 Å². The first-order chi connectivity index (χ1) is 8.66. The van der Waals surface area contributed by atoms with Crippen LogP contribution in [-0.2, 0) is 0 Å². The molecule has 0 spiro atoms. The summed E-state index contributed by atoms with van der Waals surface area (Å²) < 4.78 is 14.3. The number of aromatic amines is 1. The zero-order valence-electron chi connectivity index (χ0n) is 9.24. The summed E-state index contributed by atoms with van der Waals surface area (Å²) in [6.07, 6.45) is 3.12. The maximum atomic E-state index is 14.3. The molecule has 3 N–H and O–H groups in total. The highest BCUT2D eigenvalue weighted by Gasteiger charge is 2.12. The molecule has 0 aliphatic carbocycles. The van der Waals surface area contributed by atoms with E-state index in [0.29, 0.717) is 27.5 Å². The molecule has 0 atom stereocenters. The lowest BCUT2D eigenvalue weighted by Crippen LogP contribution is -1.93. The fraction of sp³-hybridized carbons (Fsp3) is 0. The lowest BCUT2D eigenvalue weighted by molar-refractivity contribution is 0.640. The highest BCUT2D eigenvalue weighted by molar-refractivity contribution is 6.33. The normalized spacial score (nSPS) is 11.0. The third-order valence-corrected chi connectivity index (χ3v) is 3.14. The van der Waals surface area contributed by atoms with Crippen molar-refractivity contribution < 1.29 is 4.39 Å². The van der Waals surface area contributed by atoms with E-state index in [1.807, 2.05) is 12.1 Å². The Balaban J connectivity index is 2.24. The van der Waals surface area contributed by atoms with Crippen molar-refractivity contribution in [3.8, 4) is 11.3 Å². The van der Waals surface area contributed by atoms with Gasteiger partial charge in [-0.15, -0.1) is 0 Å². The molecule has 5 heteroatoms. The van der Waals surface area contributed by atoms with Crippen molar-refractivity contribution in [2.45, 2.75) is 0 Å². The molecule has 90 valence electrons. The lowest BCUT2D eigenvalue weighted by atomic mass is 10.1. The summed E-state index contributed by atoms with van der Waals surface area (Å²) in [6, 6.07) is 6.89. The van der Waals surface area contributed by atoms with Crippen LogP contribution >= 0.6 is 11.6 Å². The first kappa shape index (κ1) is 11.0. The Morgan fingerprint density at radius 1 is 1.28 bits per heavy atom. The lowest BCUT2D eigenvalue weighted by Gasteiger charge is -2.05. The molecule has 1 aromatic carbocycles. The van der Waals surface area contributed by atoms with Crippen LogP contribution in [-0.4, -0.2) is 9.97 Å². The summed E-state index contributed by atoms with van der Waals surface area (Å²) in [6.45, 7) is 0. The average molecular weight is 262 g/mol. The van der Waals surface area contributed by atoms with Crippen LogP contribution in [0.25, 0.3) is 22.2 Å². The molecule has 0 aliphatic heterocycles. The molecule has 3 rings (SSSR count). The molecule has 3 aromatic rings. The van der Waals surface area contributed by atoms with Crippen molar-refractivity contribution >= 4 is 28.2 Å². The Bertz CT molecular complexity index is 736. The van der Waals surface area contributed by atoms with Gasteiger partial charge in [0, 0.05) is 23.3 Å². The van der Waals surface area contributed by atoms with Crippen LogP contribution in [0.3, 0.4) is 0 Å². The molecule has 0 bridgehead atoms. The van der Waals surface area contributed by atoms with Gasteiger partial charge in [0.05, 0.1) is 21.9 Å². The standard InChI is InChI=1S/C13H9ClFN3/c14-9-6-18-11(5-10(9)16)8-2-1-7-3-4-17-13(7)12(8)15/h1-6,17H,(H2,16,18). The minimum absolute atomic E-state index is 0.341. The van der Waals surface area contributed by atoms with Gasteiger partial charge in [0.15, 0.2) is 5.82 Å². The van der Waals surface area contributed by atoms with E-state index < -0.39 is 0 Å². The highest BCUT2D eigenvalue weighted by Crippen LogP contribution is 2.29. The fourth-order valence-corrected chi connectivity index (χ4v) is 1.99. The van der Waals surface area contributed by atoms with Crippen LogP contribution in [0.2, 0.25) is 5.02 Å². The molecular weight excluding hydrogens is 253 g/mol. The molecule has 0 saturated carbocycles. The molecule has 0 fully saturated rings. The molecule has 2 heterocycles.